The van der Waals surface area contributed by atoms with E-state index in [0.29, 0.717) is 28.1 Å². The Morgan fingerprint density at radius 2 is 2.17 bits per heavy atom. The van der Waals surface area contributed by atoms with Gasteiger partial charge < -0.3 is 15.1 Å². The van der Waals surface area contributed by atoms with Crippen molar-refractivity contribution in [3.63, 3.8) is 0 Å². The average Bonchev–Trinajstić information content (AvgIpc) is 2.93. The van der Waals surface area contributed by atoms with Crippen LogP contribution in [0.5, 0.6) is 0 Å². The molecule has 1 unspecified atom stereocenters. The Bertz CT molecular complexity index is 460. The summed E-state index contributed by atoms with van der Waals surface area (Å²) in [6.45, 7) is 1.71. The van der Waals surface area contributed by atoms with E-state index in [1.165, 1.54) is 6.26 Å². The topological polar surface area (TPSA) is 59.5 Å². The molecule has 1 saturated carbocycles. The average molecular weight is 313 g/mol. The Kier molecular flexibility index (Phi) is 3.20. The molecule has 1 aromatic rings. The first-order chi connectivity index (χ1) is 8.65. The predicted molar refractivity (Wildman–Crippen MR) is 71.1 cm³/mol. The molecule has 3 atom stereocenters. The molecule has 2 fully saturated rings. The van der Waals surface area contributed by atoms with Gasteiger partial charge in [-0.1, -0.05) is 0 Å². The molecular formula is C13H17BrN2O2. The molecule has 0 radical (unpaired) electrons. The summed E-state index contributed by atoms with van der Waals surface area (Å²) in [5, 5.41) is 0. The fourth-order valence-electron chi connectivity index (χ4n) is 3.25. The van der Waals surface area contributed by atoms with E-state index in [1.54, 1.807) is 6.07 Å². The first-order valence-electron chi connectivity index (χ1n) is 6.43. The van der Waals surface area contributed by atoms with Crippen molar-refractivity contribution in [2.75, 3.05) is 13.1 Å². The molecule has 1 aromatic heterocycles. The summed E-state index contributed by atoms with van der Waals surface area (Å²) in [4.78, 5) is 14.3. The third-order valence-corrected chi connectivity index (χ3v) is 4.84. The van der Waals surface area contributed by atoms with E-state index in [0.717, 1.165) is 32.4 Å². The van der Waals surface area contributed by atoms with E-state index >= 15 is 0 Å². The van der Waals surface area contributed by atoms with Crippen molar-refractivity contribution in [3.05, 3.63) is 22.6 Å². The Hall–Kier alpha value is -0.810. The molecule has 18 heavy (non-hydrogen) atoms. The largest absolute Gasteiger partial charge is 0.457 e. The van der Waals surface area contributed by atoms with Crippen molar-refractivity contribution < 1.29 is 9.21 Å². The Morgan fingerprint density at radius 3 is 2.89 bits per heavy atom. The van der Waals surface area contributed by atoms with Crippen LogP contribution in [-0.2, 0) is 0 Å². The van der Waals surface area contributed by atoms with Gasteiger partial charge in [0.05, 0.1) is 11.8 Å². The summed E-state index contributed by atoms with van der Waals surface area (Å²) in [6.07, 6.45) is 4.85. The van der Waals surface area contributed by atoms with Crippen molar-refractivity contribution in [3.8, 4) is 0 Å². The van der Waals surface area contributed by atoms with Crippen LogP contribution in [0.4, 0.5) is 0 Å². The van der Waals surface area contributed by atoms with Gasteiger partial charge in [0, 0.05) is 19.1 Å². The van der Waals surface area contributed by atoms with Gasteiger partial charge >= 0.3 is 0 Å². The molecule has 2 heterocycles. The van der Waals surface area contributed by atoms with Gasteiger partial charge in [-0.05, 0) is 53.1 Å². The molecule has 1 saturated heterocycles. The van der Waals surface area contributed by atoms with Gasteiger partial charge in [-0.25, -0.2) is 0 Å². The summed E-state index contributed by atoms with van der Waals surface area (Å²) in [5.41, 5.74) is 6.63. The number of likely N-dealkylation sites (tertiary alicyclic amines) is 1. The molecule has 5 heteroatoms. The van der Waals surface area contributed by atoms with Crippen molar-refractivity contribution in [2.45, 2.75) is 25.3 Å². The maximum Gasteiger partial charge on any atom is 0.258 e. The van der Waals surface area contributed by atoms with Gasteiger partial charge in [0.1, 0.15) is 0 Å². The minimum absolute atomic E-state index is 0.0681. The van der Waals surface area contributed by atoms with Crippen LogP contribution < -0.4 is 5.73 Å². The highest BCUT2D eigenvalue weighted by molar-refractivity contribution is 9.10. The molecular weight excluding hydrogens is 296 g/mol. The smallest absolute Gasteiger partial charge is 0.258 e. The number of halogens is 1. The summed E-state index contributed by atoms with van der Waals surface area (Å²) < 4.78 is 5.66. The molecule has 4 nitrogen and oxygen atoms in total. The van der Waals surface area contributed by atoms with Crippen LogP contribution in [0.15, 0.2) is 21.4 Å². The zero-order valence-corrected chi connectivity index (χ0v) is 11.7. The Labute approximate surface area is 115 Å². The predicted octanol–water partition coefficient (Wildman–Crippen LogP) is 2.24. The molecule has 3 rings (SSSR count). The molecule has 1 aliphatic carbocycles. The highest BCUT2D eigenvalue weighted by Gasteiger charge is 2.39. The third kappa shape index (κ3) is 2.10. The van der Waals surface area contributed by atoms with Gasteiger partial charge in [-0.15, -0.1) is 0 Å². The third-order valence-electron chi connectivity index (χ3n) is 4.23. The number of nitrogens with two attached hydrogens (primary N) is 1. The standard InChI is InChI=1S/C13H17BrN2O2/c14-12-11(3-4-18-12)13(17)16-6-8-1-2-10(15)5-9(8)7-16/h3-4,8-10H,1-2,5-7,15H2/t8-,9+,10?/m1/s1. The van der Waals surface area contributed by atoms with Gasteiger partial charge in [0.15, 0.2) is 4.67 Å². The molecule has 0 bridgehead atoms. The number of hydrogen-bond acceptors (Lipinski definition) is 3. The maximum atomic E-state index is 12.4. The number of carbonyl (C=O) groups excluding carboxylic acids is 1. The van der Waals surface area contributed by atoms with Crippen LogP contribution in [-0.4, -0.2) is 29.9 Å². The van der Waals surface area contributed by atoms with Crippen molar-refractivity contribution in [1.82, 2.24) is 4.90 Å². The van der Waals surface area contributed by atoms with E-state index in [9.17, 15) is 4.79 Å². The van der Waals surface area contributed by atoms with E-state index in [1.807, 2.05) is 4.90 Å². The first kappa shape index (κ1) is 12.2. The number of nitrogens with zero attached hydrogens (tertiary/aromatic N) is 1. The van der Waals surface area contributed by atoms with Crippen LogP contribution in [0.25, 0.3) is 0 Å². The Balaban J connectivity index is 1.72. The number of fused-ring (bicyclic) bond motifs is 1. The molecule has 2 aliphatic rings. The van der Waals surface area contributed by atoms with Crippen LogP contribution in [0, 0.1) is 11.8 Å². The number of rotatable bonds is 1. The fraction of sp³-hybridized carbons (Fsp3) is 0.615. The lowest BCUT2D eigenvalue weighted by atomic mass is 9.79. The zero-order valence-electron chi connectivity index (χ0n) is 10.1. The minimum Gasteiger partial charge on any atom is -0.457 e. The number of hydrogen-bond donors (Lipinski definition) is 1. The lowest BCUT2D eigenvalue weighted by Crippen LogP contribution is -2.32. The van der Waals surface area contributed by atoms with Crippen LogP contribution >= 0.6 is 15.9 Å². The second-order valence-electron chi connectivity index (χ2n) is 5.41. The van der Waals surface area contributed by atoms with E-state index < -0.39 is 0 Å². The normalized spacial score (nSPS) is 31.4. The molecule has 1 aliphatic heterocycles. The number of furan rings is 1. The minimum atomic E-state index is 0.0681. The lowest BCUT2D eigenvalue weighted by molar-refractivity contribution is 0.0782. The molecule has 0 aromatic carbocycles. The van der Waals surface area contributed by atoms with Gasteiger partial charge in [-0.3, -0.25) is 4.79 Å². The van der Waals surface area contributed by atoms with E-state index in [2.05, 4.69) is 15.9 Å². The molecule has 1 amide bonds. The Morgan fingerprint density at radius 1 is 1.39 bits per heavy atom. The van der Waals surface area contributed by atoms with E-state index in [-0.39, 0.29) is 5.91 Å². The maximum absolute atomic E-state index is 12.4. The summed E-state index contributed by atoms with van der Waals surface area (Å²) in [5.74, 6) is 1.29. The first-order valence-corrected chi connectivity index (χ1v) is 7.22. The van der Waals surface area contributed by atoms with Gasteiger partial charge in [-0.2, -0.15) is 0 Å². The van der Waals surface area contributed by atoms with Crippen molar-refractivity contribution in [1.29, 1.82) is 0 Å². The molecule has 2 N–H and O–H groups in total. The molecule has 98 valence electrons. The zero-order chi connectivity index (χ0) is 12.7. The lowest BCUT2D eigenvalue weighted by Gasteiger charge is -2.27. The second kappa shape index (κ2) is 4.70. The second-order valence-corrected chi connectivity index (χ2v) is 6.13. The van der Waals surface area contributed by atoms with E-state index in [4.69, 9.17) is 10.2 Å². The van der Waals surface area contributed by atoms with Gasteiger partial charge in [0.2, 0.25) is 0 Å². The van der Waals surface area contributed by atoms with Crippen molar-refractivity contribution in [2.24, 2.45) is 17.6 Å². The van der Waals surface area contributed by atoms with Crippen molar-refractivity contribution >= 4 is 21.8 Å². The quantitative estimate of drug-likeness (QED) is 0.865. The van der Waals surface area contributed by atoms with Crippen LogP contribution in [0.1, 0.15) is 29.6 Å². The number of carbonyl (C=O) groups is 1. The van der Waals surface area contributed by atoms with Crippen LogP contribution in [0.3, 0.4) is 0 Å². The summed E-state index contributed by atoms with van der Waals surface area (Å²) >= 11 is 3.27. The highest BCUT2D eigenvalue weighted by Crippen LogP contribution is 2.36. The number of amides is 1. The monoisotopic (exact) mass is 312 g/mol. The molecule has 0 spiro atoms. The van der Waals surface area contributed by atoms with Gasteiger partial charge in [0.25, 0.3) is 5.91 Å². The SMILES string of the molecule is NC1CC[C@@H]2CN(C(=O)c3ccoc3Br)C[C@@H]2C1. The summed E-state index contributed by atoms with van der Waals surface area (Å²) in [6, 6.07) is 2.04. The van der Waals surface area contributed by atoms with Crippen LogP contribution in [0.2, 0.25) is 0 Å². The summed E-state index contributed by atoms with van der Waals surface area (Å²) in [7, 11) is 0. The fourth-order valence-corrected chi connectivity index (χ4v) is 3.66. The highest BCUT2D eigenvalue weighted by atomic mass is 79.9.